The Hall–Kier alpha value is -4.97. The van der Waals surface area contributed by atoms with Crippen LogP contribution < -0.4 is 20.1 Å². The highest BCUT2D eigenvalue weighted by atomic mass is 79.9. The molecule has 0 unspecified atom stereocenters. The highest BCUT2D eigenvalue weighted by molar-refractivity contribution is 9.10. The van der Waals surface area contributed by atoms with Crippen molar-refractivity contribution >= 4 is 50.0 Å². The first-order chi connectivity index (χ1) is 21.3. The number of ether oxygens (including phenoxy) is 2. The van der Waals surface area contributed by atoms with E-state index in [0.717, 1.165) is 11.6 Å². The van der Waals surface area contributed by atoms with Crippen LogP contribution in [0.1, 0.15) is 18.4 Å². The van der Waals surface area contributed by atoms with E-state index in [1.54, 1.807) is 18.5 Å². The fourth-order valence-corrected chi connectivity index (χ4v) is 5.28. The molecule has 0 bridgehead atoms. The molecule has 0 aliphatic heterocycles. The fourth-order valence-electron chi connectivity index (χ4n) is 4.75. The van der Waals surface area contributed by atoms with E-state index in [0.29, 0.717) is 34.3 Å². The van der Waals surface area contributed by atoms with Crippen LogP contribution in [0.4, 0.5) is 20.2 Å². The van der Waals surface area contributed by atoms with Crippen molar-refractivity contribution in [3.8, 4) is 17.4 Å². The topological polar surface area (TPSA) is 121 Å². The molecule has 2 aromatic carbocycles. The minimum atomic E-state index is -1.39. The Balaban J connectivity index is 1.26. The van der Waals surface area contributed by atoms with Crippen LogP contribution >= 0.6 is 15.9 Å². The molecule has 1 fully saturated rings. The van der Waals surface area contributed by atoms with E-state index in [9.17, 15) is 14.0 Å². The quantitative estimate of drug-likeness (QED) is 0.172. The van der Waals surface area contributed by atoms with Gasteiger partial charge in [-0.1, -0.05) is 0 Å². The standard InChI is InChI=1S/C32H24BrF2N5O4/c33-27-28-23(18-39-29(27)43-16-10-19-7-13-37-14-8-19)25(9-15-38-28)44-26-6-5-22(17-24(26)35)40(21-3-1-20(34)2-4-21)31(42)32(11-12-32)30(36)41/h1-9,13-15,17-18H,10-12,16H2,(H2,36,41). The molecule has 3 aromatic heterocycles. The molecule has 0 spiro atoms. The van der Waals surface area contributed by atoms with Gasteiger partial charge in [-0.15, -0.1) is 0 Å². The zero-order valence-electron chi connectivity index (χ0n) is 23.0. The average molecular weight is 660 g/mol. The van der Waals surface area contributed by atoms with Crippen molar-refractivity contribution in [3.63, 3.8) is 0 Å². The van der Waals surface area contributed by atoms with Crippen LogP contribution in [0.3, 0.4) is 0 Å². The number of nitrogens with two attached hydrogens (primary N) is 1. The maximum atomic E-state index is 15.6. The second-order valence-corrected chi connectivity index (χ2v) is 11.0. The van der Waals surface area contributed by atoms with Gasteiger partial charge in [0.1, 0.15) is 21.5 Å². The largest absolute Gasteiger partial charge is 0.476 e. The molecule has 0 radical (unpaired) electrons. The first-order valence-corrected chi connectivity index (χ1v) is 14.4. The summed E-state index contributed by atoms with van der Waals surface area (Å²) in [5.41, 5.74) is 6.10. The molecule has 1 saturated carbocycles. The zero-order chi connectivity index (χ0) is 30.8. The van der Waals surface area contributed by atoms with Gasteiger partial charge in [0.15, 0.2) is 11.6 Å². The van der Waals surface area contributed by atoms with Crippen molar-refractivity contribution in [1.82, 2.24) is 15.0 Å². The summed E-state index contributed by atoms with van der Waals surface area (Å²) >= 11 is 3.52. The summed E-state index contributed by atoms with van der Waals surface area (Å²) in [5.74, 6) is -2.16. The Labute approximate surface area is 258 Å². The Morgan fingerprint density at radius 1 is 0.932 bits per heavy atom. The first-order valence-electron chi connectivity index (χ1n) is 13.6. The van der Waals surface area contributed by atoms with E-state index < -0.39 is 28.9 Å². The van der Waals surface area contributed by atoms with Crippen molar-refractivity contribution in [2.75, 3.05) is 11.5 Å². The van der Waals surface area contributed by atoms with Gasteiger partial charge < -0.3 is 15.2 Å². The number of carbonyl (C=O) groups is 2. The number of carbonyl (C=O) groups excluding carboxylic acids is 2. The average Bonchev–Trinajstić information content (AvgIpc) is 3.84. The molecule has 0 atom stereocenters. The van der Waals surface area contributed by atoms with E-state index in [1.807, 2.05) is 12.1 Å². The molecule has 222 valence electrons. The van der Waals surface area contributed by atoms with E-state index in [4.69, 9.17) is 15.2 Å². The number of benzene rings is 2. The molecule has 6 rings (SSSR count). The third kappa shape index (κ3) is 5.68. The lowest BCUT2D eigenvalue weighted by molar-refractivity contribution is -0.133. The molecular formula is C32H24BrF2N5O4. The molecule has 12 heteroatoms. The summed E-state index contributed by atoms with van der Waals surface area (Å²) in [6.45, 7) is 0.382. The van der Waals surface area contributed by atoms with E-state index in [-0.39, 0.29) is 35.7 Å². The van der Waals surface area contributed by atoms with Crippen molar-refractivity contribution < 1.29 is 27.8 Å². The molecule has 2 N–H and O–H groups in total. The number of fused-ring (bicyclic) bond motifs is 1. The van der Waals surface area contributed by atoms with Gasteiger partial charge in [0.25, 0.3) is 0 Å². The summed E-state index contributed by atoms with van der Waals surface area (Å²) in [6.07, 6.45) is 7.70. The predicted octanol–water partition coefficient (Wildman–Crippen LogP) is 6.41. The Morgan fingerprint density at radius 3 is 2.34 bits per heavy atom. The second-order valence-electron chi connectivity index (χ2n) is 10.2. The first kappa shape index (κ1) is 29.1. The number of halogens is 3. The highest BCUT2D eigenvalue weighted by Gasteiger charge is 2.57. The molecule has 0 saturated heterocycles. The summed E-state index contributed by atoms with van der Waals surface area (Å²) in [4.78, 5) is 39.7. The summed E-state index contributed by atoms with van der Waals surface area (Å²) in [7, 11) is 0. The van der Waals surface area contributed by atoms with Gasteiger partial charge in [0.05, 0.1) is 23.2 Å². The monoisotopic (exact) mass is 659 g/mol. The number of rotatable bonds is 10. The van der Waals surface area contributed by atoms with Crippen LogP contribution in [0.25, 0.3) is 10.9 Å². The van der Waals surface area contributed by atoms with Crippen LogP contribution in [0.5, 0.6) is 17.4 Å². The van der Waals surface area contributed by atoms with Gasteiger partial charge in [-0.2, -0.15) is 0 Å². The normalized spacial score (nSPS) is 13.3. The molecule has 1 aliphatic rings. The van der Waals surface area contributed by atoms with Crippen LogP contribution in [-0.2, 0) is 16.0 Å². The zero-order valence-corrected chi connectivity index (χ0v) is 24.6. The number of primary amides is 1. The maximum absolute atomic E-state index is 15.6. The van der Waals surface area contributed by atoms with E-state index in [2.05, 4.69) is 30.9 Å². The van der Waals surface area contributed by atoms with Gasteiger partial charge in [-0.25, -0.2) is 13.8 Å². The number of aromatic nitrogens is 3. The number of pyridine rings is 3. The number of hydrogen-bond donors (Lipinski definition) is 1. The Morgan fingerprint density at radius 2 is 1.66 bits per heavy atom. The predicted molar refractivity (Wildman–Crippen MR) is 162 cm³/mol. The van der Waals surface area contributed by atoms with Gasteiger partial charge in [0, 0.05) is 43.0 Å². The van der Waals surface area contributed by atoms with Gasteiger partial charge in [-0.05, 0) is 88.9 Å². The SMILES string of the molecule is NC(=O)C1(C(=O)N(c2ccc(F)cc2)c2ccc(Oc3ccnc4c(Br)c(OCCc5ccncc5)ncc34)c(F)c2)CC1. The Bertz CT molecular complexity index is 1870. The lowest BCUT2D eigenvalue weighted by Gasteiger charge is -2.26. The Kier molecular flexibility index (Phi) is 7.92. The van der Waals surface area contributed by atoms with Crippen LogP contribution in [0.2, 0.25) is 0 Å². The van der Waals surface area contributed by atoms with Crippen LogP contribution in [0, 0.1) is 17.0 Å². The molecular weight excluding hydrogens is 636 g/mol. The summed E-state index contributed by atoms with van der Waals surface area (Å²) in [5, 5.41) is 0.504. The van der Waals surface area contributed by atoms with Gasteiger partial charge in [-0.3, -0.25) is 24.5 Å². The van der Waals surface area contributed by atoms with Crippen molar-refractivity contribution in [1.29, 1.82) is 0 Å². The maximum Gasteiger partial charge on any atom is 0.247 e. The number of anilines is 2. The minimum Gasteiger partial charge on any atom is -0.476 e. The minimum absolute atomic E-state index is 0.122. The number of hydrogen-bond acceptors (Lipinski definition) is 7. The van der Waals surface area contributed by atoms with Gasteiger partial charge in [0.2, 0.25) is 17.7 Å². The second kappa shape index (κ2) is 12.0. The van der Waals surface area contributed by atoms with Crippen molar-refractivity contribution in [2.45, 2.75) is 19.3 Å². The molecule has 2 amide bonds. The van der Waals surface area contributed by atoms with Crippen LogP contribution in [-0.4, -0.2) is 33.4 Å². The lowest BCUT2D eigenvalue weighted by Crippen LogP contribution is -2.41. The fraction of sp³-hybridized carbons (Fsp3) is 0.156. The van der Waals surface area contributed by atoms with Crippen molar-refractivity contribution in [2.24, 2.45) is 11.1 Å². The molecule has 5 aromatic rings. The van der Waals surface area contributed by atoms with Crippen molar-refractivity contribution in [3.05, 3.63) is 107 Å². The molecule has 9 nitrogen and oxygen atoms in total. The third-order valence-corrected chi connectivity index (χ3v) is 8.06. The highest BCUT2D eigenvalue weighted by Crippen LogP contribution is 2.49. The molecule has 1 aliphatic carbocycles. The third-order valence-electron chi connectivity index (χ3n) is 7.35. The van der Waals surface area contributed by atoms with Gasteiger partial charge >= 0.3 is 0 Å². The summed E-state index contributed by atoms with van der Waals surface area (Å²) < 4.78 is 41.5. The van der Waals surface area contributed by atoms with E-state index in [1.165, 1.54) is 53.7 Å². The smallest absolute Gasteiger partial charge is 0.247 e. The van der Waals surface area contributed by atoms with Crippen LogP contribution in [0.15, 0.2) is 89.9 Å². The number of amides is 2. The molecule has 3 heterocycles. The number of nitrogens with zero attached hydrogens (tertiary/aromatic N) is 4. The molecule has 44 heavy (non-hydrogen) atoms. The summed E-state index contributed by atoms with van der Waals surface area (Å²) in [6, 6.07) is 14.4. The lowest BCUT2D eigenvalue weighted by atomic mass is 10.0. The van der Waals surface area contributed by atoms with E-state index >= 15 is 4.39 Å².